The molecule has 0 aliphatic carbocycles. The van der Waals surface area contributed by atoms with Crippen LogP contribution in [0.25, 0.3) is 0 Å². The molecule has 0 bridgehead atoms. The summed E-state index contributed by atoms with van der Waals surface area (Å²) in [5, 5.41) is 15.3. The number of nitrogens with zero attached hydrogens (tertiary/aromatic N) is 1. The van der Waals surface area contributed by atoms with Crippen LogP contribution in [-0.4, -0.2) is 28.6 Å². The average Bonchev–Trinajstić information content (AvgIpc) is 2.45. The molecular weight excluding hydrogens is 258 g/mol. The Morgan fingerprint density at radius 3 is 2.89 bits per heavy atom. The molecule has 4 N–H and O–H groups in total. The van der Waals surface area contributed by atoms with Crippen molar-refractivity contribution in [1.82, 2.24) is 5.32 Å². The molecule has 1 aromatic carbocycles. The van der Waals surface area contributed by atoms with E-state index in [1.807, 2.05) is 36.0 Å². The smallest absolute Gasteiger partial charge is 0.170 e. The first-order valence-electron chi connectivity index (χ1n) is 6.56. The third-order valence-corrected chi connectivity index (χ3v) is 3.87. The number of hydrogen-bond donors (Lipinski definition) is 3. The molecule has 0 heterocycles. The number of rotatable bonds is 8. The SMILES string of the molecule is CCSCCC(C)NCc1ccccc1/C(N)=N/O. The van der Waals surface area contributed by atoms with Crippen molar-refractivity contribution in [2.24, 2.45) is 10.9 Å². The standard InChI is InChI=1S/C14H23N3OS/c1-3-19-9-8-11(2)16-10-12-6-4-5-7-13(12)14(15)17-18/h4-7,11,16,18H,3,8-10H2,1-2H3,(H2,15,17). The molecular formula is C14H23N3OS. The number of amidine groups is 1. The predicted octanol–water partition coefficient (Wildman–Crippen LogP) is 2.40. The van der Waals surface area contributed by atoms with Crippen molar-refractivity contribution in [3.05, 3.63) is 35.4 Å². The van der Waals surface area contributed by atoms with Gasteiger partial charge in [0.2, 0.25) is 0 Å². The van der Waals surface area contributed by atoms with E-state index < -0.39 is 0 Å². The van der Waals surface area contributed by atoms with Gasteiger partial charge in [0.05, 0.1) is 0 Å². The van der Waals surface area contributed by atoms with Gasteiger partial charge in [-0.25, -0.2) is 0 Å². The van der Waals surface area contributed by atoms with E-state index in [0.29, 0.717) is 6.04 Å². The largest absolute Gasteiger partial charge is 0.409 e. The van der Waals surface area contributed by atoms with E-state index in [2.05, 4.69) is 24.3 Å². The van der Waals surface area contributed by atoms with E-state index in [1.165, 1.54) is 11.5 Å². The minimum atomic E-state index is 0.159. The van der Waals surface area contributed by atoms with Gasteiger partial charge in [-0.3, -0.25) is 0 Å². The second kappa shape index (κ2) is 8.82. The normalized spacial score (nSPS) is 13.5. The van der Waals surface area contributed by atoms with E-state index in [0.717, 1.165) is 24.1 Å². The Bertz CT molecular complexity index is 409. The van der Waals surface area contributed by atoms with Crippen LogP contribution in [0.1, 0.15) is 31.4 Å². The highest BCUT2D eigenvalue weighted by molar-refractivity contribution is 7.99. The van der Waals surface area contributed by atoms with Gasteiger partial charge in [-0.2, -0.15) is 11.8 Å². The van der Waals surface area contributed by atoms with Gasteiger partial charge < -0.3 is 16.3 Å². The fraction of sp³-hybridized carbons (Fsp3) is 0.500. The molecule has 4 nitrogen and oxygen atoms in total. The first-order valence-corrected chi connectivity index (χ1v) is 7.71. The summed E-state index contributed by atoms with van der Waals surface area (Å²) in [6.45, 7) is 5.09. The van der Waals surface area contributed by atoms with Crippen LogP contribution in [0, 0.1) is 0 Å². The number of nitrogens with one attached hydrogen (secondary N) is 1. The van der Waals surface area contributed by atoms with Crippen molar-refractivity contribution < 1.29 is 5.21 Å². The maximum Gasteiger partial charge on any atom is 0.170 e. The van der Waals surface area contributed by atoms with Gasteiger partial charge in [0.25, 0.3) is 0 Å². The zero-order valence-electron chi connectivity index (χ0n) is 11.6. The topological polar surface area (TPSA) is 70.6 Å². The van der Waals surface area contributed by atoms with Crippen LogP contribution in [-0.2, 0) is 6.54 Å². The molecule has 0 saturated heterocycles. The summed E-state index contributed by atoms with van der Waals surface area (Å²) in [5.74, 6) is 2.50. The van der Waals surface area contributed by atoms with Gasteiger partial charge in [-0.15, -0.1) is 0 Å². The van der Waals surface area contributed by atoms with E-state index >= 15 is 0 Å². The van der Waals surface area contributed by atoms with Crippen LogP contribution in [0.15, 0.2) is 29.4 Å². The van der Waals surface area contributed by atoms with Crippen molar-refractivity contribution in [2.75, 3.05) is 11.5 Å². The number of nitrogens with two attached hydrogens (primary N) is 1. The van der Waals surface area contributed by atoms with Crippen LogP contribution in [0.3, 0.4) is 0 Å². The summed E-state index contributed by atoms with van der Waals surface area (Å²) in [6.07, 6.45) is 1.14. The monoisotopic (exact) mass is 281 g/mol. The highest BCUT2D eigenvalue weighted by Gasteiger charge is 2.07. The van der Waals surface area contributed by atoms with Gasteiger partial charge in [-0.1, -0.05) is 36.3 Å². The number of hydrogen-bond acceptors (Lipinski definition) is 4. The first-order chi connectivity index (χ1) is 9.19. The highest BCUT2D eigenvalue weighted by atomic mass is 32.2. The van der Waals surface area contributed by atoms with Crippen molar-refractivity contribution in [2.45, 2.75) is 32.9 Å². The van der Waals surface area contributed by atoms with Gasteiger partial charge in [0.15, 0.2) is 5.84 Å². The van der Waals surface area contributed by atoms with Crippen molar-refractivity contribution in [1.29, 1.82) is 0 Å². The maximum absolute atomic E-state index is 8.77. The molecule has 0 fully saturated rings. The van der Waals surface area contributed by atoms with Crippen LogP contribution >= 0.6 is 11.8 Å². The average molecular weight is 281 g/mol. The Hall–Kier alpha value is -1.20. The van der Waals surface area contributed by atoms with Crippen LogP contribution in [0.5, 0.6) is 0 Å². The molecule has 5 heteroatoms. The van der Waals surface area contributed by atoms with Crippen LogP contribution in [0.4, 0.5) is 0 Å². The lowest BCUT2D eigenvalue weighted by Gasteiger charge is -2.15. The minimum Gasteiger partial charge on any atom is -0.409 e. The van der Waals surface area contributed by atoms with Gasteiger partial charge in [0, 0.05) is 18.2 Å². The van der Waals surface area contributed by atoms with Gasteiger partial charge >= 0.3 is 0 Å². The molecule has 106 valence electrons. The molecule has 0 aliphatic rings. The number of oxime groups is 1. The Labute approximate surface area is 119 Å². The molecule has 1 aromatic rings. The minimum absolute atomic E-state index is 0.159. The second-order valence-corrected chi connectivity index (χ2v) is 5.80. The summed E-state index contributed by atoms with van der Waals surface area (Å²) >= 11 is 1.96. The summed E-state index contributed by atoms with van der Waals surface area (Å²) in [5.41, 5.74) is 7.50. The molecule has 0 saturated carbocycles. The van der Waals surface area contributed by atoms with Crippen LogP contribution in [0.2, 0.25) is 0 Å². The Balaban J connectivity index is 2.53. The fourth-order valence-corrected chi connectivity index (χ4v) is 2.58. The second-order valence-electron chi connectivity index (χ2n) is 4.41. The van der Waals surface area contributed by atoms with E-state index in [4.69, 9.17) is 10.9 Å². The molecule has 0 spiro atoms. The Morgan fingerprint density at radius 1 is 1.47 bits per heavy atom. The Kier molecular flexibility index (Phi) is 7.36. The molecule has 0 amide bonds. The molecule has 0 aromatic heterocycles. The summed E-state index contributed by atoms with van der Waals surface area (Å²) in [4.78, 5) is 0. The molecule has 0 aliphatic heterocycles. The third-order valence-electron chi connectivity index (χ3n) is 2.94. The summed E-state index contributed by atoms with van der Waals surface area (Å²) in [6, 6.07) is 8.16. The van der Waals surface area contributed by atoms with Gasteiger partial charge in [0.1, 0.15) is 0 Å². The quantitative estimate of drug-likeness (QED) is 0.225. The zero-order chi connectivity index (χ0) is 14.1. The van der Waals surface area contributed by atoms with E-state index in [-0.39, 0.29) is 5.84 Å². The maximum atomic E-state index is 8.77. The number of thioether (sulfide) groups is 1. The number of benzene rings is 1. The fourth-order valence-electron chi connectivity index (χ4n) is 1.77. The Morgan fingerprint density at radius 2 is 2.21 bits per heavy atom. The molecule has 1 atom stereocenters. The van der Waals surface area contributed by atoms with Crippen molar-refractivity contribution >= 4 is 17.6 Å². The van der Waals surface area contributed by atoms with Crippen molar-refractivity contribution in [3.63, 3.8) is 0 Å². The van der Waals surface area contributed by atoms with Crippen LogP contribution < -0.4 is 11.1 Å². The van der Waals surface area contributed by atoms with Gasteiger partial charge in [-0.05, 0) is 30.4 Å². The third kappa shape index (κ3) is 5.53. The lowest BCUT2D eigenvalue weighted by atomic mass is 10.1. The van der Waals surface area contributed by atoms with Crippen molar-refractivity contribution in [3.8, 4) is 0 Å². The first kappa shape index (κ1) is 15.9. The van der Waals surface area contributed by atoms with E-state index in [9.17, 15) is 0 Å². The molecule has 1 rings (SSSR count). The van der Waals surface area contributed by atoms with E-state index in [1.54, 1.807) is 0 Å². The molecule has 19 heavy (non-hydrogen) atoms. The molecule has 0 radical (unpaired) electrons. The lowest BCUT2D eigenvalue weighted by Crippen LogP contribution is -2.27. The predicted molar refractivity (Wildman–Crippen MR) is 82.9 cm³/mol. The zero-order valence-corrected chi connectivity index (χ0v) is 12.4. The summed E-state index contributed by atoms with van der Waals surface area (Å²) < 4.78 is 0. The molecule has 1 unspecified atom stereocenters. The lowest BCUT2D eigenvalue weighted by molar-refractivity contribution is 0.318. The summed E-state index contributed by atoms with van der Waals surface area (Å²) in [7, 11) is 0. The highest BCUT2D eigenvalue weighted by Crippen LogP contribution is 2.10.